The summed E-state index contributed by atoms with van der Waals surface area (Å²) in [5.41, 5.74) is 1.52. The monoisotopic (exact) mass is 401 g/mol. The van der Waals surface area contributed by atoms with Gasteiger partial charge in [0.25, 0.3) is 11.8 Å². The van der Waals surface area contributed by atoms with Gasteiger partial charge in [-0.2, -0.15) is 0 Å². The smallest absolute Gasteiger partial charge is 0.272 e. The Morgan fingerprint density at radius 1 is 1.21 bits per heavy atom. The fourth-order valence-corrected chi connectivity index (χ4v) is 4.24. The molecule has 5 rings (SSSR count). The van der Waals surface area contributed by atoms with Gasteiger partial charge in [0.15, 0.2) is 5.69 Å². The lowest BCUT2D eigenvalue weighted by Gasteiger charge is -2.46. The van der Waals surface area contributed by atoms with Crippen LogP contribution in [0.4, 0.5) is 8.78 Å². The summed E-state index contributed by atoms with van der Waals surface area (Å²) >= 11 is 0. The molecule has 1 aliphatic carbocycles. The van der Waals surface area contributed by atoms with Crippen molar-refractivity contribution in [3.8, 4) is 5.95 Å². The van der Waals surface area contributed by atoms with Crippen molar-refractivity contribution < 1.29 is 13.6 Å². The zero-order valence-electron chi connectivity index (χ0n) is 15.7. The summed E-state index contributed by atoms with van der Waals surface area (Å²) in [4.78, 5) is 30.7. The number of halogens is 2. The van der Waals surface area contributed by atoms with E-state index in [1.165, 1.54) is 0 Å². The lowest BCUT2D eigenvalue weighted by molar-refractivity contribution is -0.150. The lowest BCUT2D eigenvalue weighted by atomic mass is 9.88. The molecule has 2 N–H and O–H groups in total. The maximum Gasteiger partial charge on any atom is 0.272 e. The Labute approximate surface area is 165 Å². The first-order chi connectivity index (χ1) is 14.0. The third-order valence-corrected chi connectivity index (χ3v) is 5.76. The molecule has 152 valence electrons. The quantitative estimate of drug-likeness (QED) is 0.699. The Morgan fingerprint density at radius 3 is 2.69 bits per heavy atom. The Morgan fingerprint density at radius 2 is 2.00 bits per heavy atom. The normalized spacial score (nSPS) is 24.3. The Bertz CT molecular complexity index is 1020. The van der Waals surface area contributed by atoms with Crippen LogP contribution < -0.4 is 5.32 Å². The van der Waals surface area contributed by atoms with Crippen molar-refractivity contribution in [1.82, 2.24) is 34.7 Å². The first-order valence-corrected chi connectivity index (χ1v) is 9.75. The first-order valence-electron chi connectivity index (χ1n) is 9.75. The number of imidazole rings is 1. The molecule has 3 aromatic heterocycles. The van der Waals surface area contributed by atoms with Gasteiger partial charge in [0.1, 0.15) is 6.33 Å². The molecule has 2 fully saturated rings. The molecule has 29 heavy (non-hydrogen) atoms. The van der Waals surface area contributed by atoms with E-state index in [4.69, 9.17) is 0 Å². The van der Waals surface area contributed by atoms with Gasteiger partial charge in [-0.1, -0.05) is 0 Å². The summed E-state index contributed by atoms with van der Waals surface area (Å²) in [6, 6.07) is 1.99. The molecule has 1 amide bonds. The first kappa shape index (κ1) is 18.2. The van der Waals surface area contributed by atoms with Crippen LogP contribution in [-0.2, 0) is 0 Å². The maximum absolute atomic E-state index is 13.1. The van der Waals surface area contributed by atoms with Crippen molar-refractivity contribution in [3.05, 3.63) is 36.7 Å². The van der Waals surface area contributed by atoms with Crippen LogP contribution in [0.1, 0.15) is 36.2 Å². The van der Waals surface area contributed by atoms with E-state index in [2.05, 4.69) is 25.3 Å². The van der Waals surface area contributed by atoms with Gasteiger partial charge in [-0.05, 0) is 31.7 Å². The number of carbonyl (C=O) groups is 1. The summed E-state index contributed by atoms with van der Waals surface area (Å²) in [7, 11) is 0. The van der Waals surface area contributed by atoms with Gasteiger partial charge in [-0.25, -0.2) is 23.7 Å². The molecule has 4 heterocycles. The van der Waals surface area contributed by atoms with Gasteiger partial charge >= 0.3 is 0 Å². The highest BCUT2D eigenvalue weighted by Gasteiger charge is 2.47. The second-order valence-corrected chi connectivity index (χ2v) is 7.82. The third kappa shape index (κ3) is 3.48. The Kier molecular flexibility index (Phi) is 4.30. The third-order valence-electron chi connectivity index (χ3n) is 5.76. The van der Waals surface area contributed by atoms with Crippen molar-refractivity contribution >= 4 is 16.9 Å². The van der Waals surface area contributed by atoms with Crippen LogP contribution in [-0.4, -0.2) is 66.4 Å². The molecule has 1 saturated heterocycles. The number of rotatable bonds is 4. The van der Waals surface area contributed by atoms with Gasteiger partial charge in [0.2, 0.25) is 5.95 Å². The van der Waals surface area contributed by atoms with Crippen LogP contribution in [0.25, 0.3) is 17.0 Å². The summed E-state index contributed by atoms with van der Waals surface area (Å²) in [6.45, 7) is -0.283. The summed E-state index contributed by atoms with van der Waals surface area (Å²) < 4.78 is 27.8. The zero-order chi connectivity index (χ0) is 20.0. The number of aromatic nitrogens is 5. The average molecular weight is 401 g/mol. The predicted molar refractivity (Wildman–Crippen MR) is 101 cm³/mol. The molecule has 8 nitrogen and oxygen atoms in total. The zero-order valence-corrected chi connectivity index (χ0v) is 15.7. The molecule has 0 aromatic carbocycles. The Balaban J connectivity index is 1.28. The van der Waals surface area contributed by atoms with Crippen molar-refractivity contribution in [2.24, 2.45) is 0 Å². The van der Waals surface area contributed by atoms with Crippen molar-refractivity contribution in [1.29, 1.82) is 0 Å². The Hall–Kier alpha value is -2.88. The molecule has 1 saturated carbocycles. The van der Waals surface area contributed by atoms with E-state index in [0.717, 1.165) is 25.7 Å². The summed E-state index contributed by atoms with van der Waals surface area (Å²) in [6.07, 6.45) is 9.80. The fraction of sp³-hybridized carbons (Fsp3) is 0.474. The van der Waals surface area contributed by atoms with E-state index >= 15 is 0 Å². The number of hydrogen-bond acceptors (Lipinski definition) is 5. The second-order valence-electron chi connectivity index (χ2n) is 7.82. The largest absolute Gasteiger partial charge is 0.358 e. The van der Waals surface area contributed by atoms with E-state index in [1.807, 2.05) is 4.90 Å². The molecule has 1 aliphatic heterocycles. The number of carbonyl (C=O) groups excluding carboxylic acids is 1. The maximum atomic E-state index is 13.1. The van der Waals surface area contributed by atoms with Crippen LogP contribution >= 0.6 is 0 Å². The van der Waals surface area contributed by atoms with Crippen LogP contribution in [0.15, 0.2) is 31.0 Å². The highest BCUT2D eigenvalue weighted by molar-refractivity contribution is 6.03. The standard InChI is InChI=1S/C19H21F2N7O/c20-19(21)9-28(10-19)13-3-1-12(2-4-13)24-17(29)16-15-14(5-6-23-15)25-18(26-16)27-8-7-22-11-27/h5-8,11-13,23H,1-4,9-10H2,(H,24,29). The van der Waals surface area contributed by atoms with Gasteiger partial charge in [-0.15, -0.1) is 0 Å². The molecule has 0 unspecified atom stereocenters. The molecular weight excluding hydrogens is 380 g/mol. The molecule has 0 atom stereocenters. The lowest BCUT2D eigenvalue weighted by Crippen LogP contribution is -2.60. The van der Waals surface area contributed by atoms with Crippen LogP contribution in [0.3, 0.4) is 0 Å². The highest BCUT2D eigenvalue weighted by Crippen LogP contribution is 2.33. The minimum atomic E-state index is -2.54. The molecular formula is C19H21F2N7O. The van der Waals surface area contributed by atoms with Crippen LogP contribution in [0.2, 0.25) is 0 Å². The summed E-state index contributed by atoms with van der Waals surface area (Å²) in [5.74, 6) is -2.42. The van der Waals surface area contributed by atoms with Crippen molar-refractivity contribution in [3.63, 3.8) is 0 Å². The number of likely N-dealkylation sites (tertiary alicyclic amines) is 1. The van der Waals surface area contributed by atoms with Crippen LogP contribution in [0, 0.1) is 0 Å². The van der Waals surface area contributed by atoms with Crippen molar-refractivity contribution in [2.75, 3.05) is 13.1 Å². The number of amides is 1. The van der Waals surface area contributed by atoms with Gasteiger partial charge in [0, 0.05) is 30.7 Å². The van der Waals surface area contributed by atoms with E-state index in [-0.39, 0.29) is 36.8 Å². The number of nitrogens with one attached hydrogen (secondary N) is 2. The number of hydrogen-bond donors (Lipinski definition) is 2. The van der Waals surface area contributed by atoms with Gasteiger partial charge < -0.3 is 10.3 Å². The molecule has 0 spiro atoms. The number of aromatic amines is 1. The van der Waals surface area contributed by atoms with Crippen LogP contribution in [0.5, 0.6) is 0 Å². The topological polar surface area (TPSA) is 91.7 Å². The van der Waals surface area contributed by atoms with Crippen molar-refractivity contribution in [2.45, 2.75) is 43.7 Å². The number of alkyl halides is 2. The average Bonchev–Trinajstić information content (AvgIpc) is 3.37. The SMILES string of the molecule is O=C(NC1CCC(N2CC(F)(F)C2)CC1)c1nc(-n2ccnc2)nc2cc[nH]c12. The molecule has 0 radical (unpaired) electrons. The minimum Gasteiger partial charge on any atom is -0.358 e. The predicted octanol–water partition coefficient (Wildman–Crippen LogP) is 2.14. The molecule has 2 aliphatic rings. The minimum absolute atomic E-state index is 0.0113. The number of nitrogens with zero attached hydrogens (tertiary/aromatic N) is 5. The highest BCUT2D eigenvalue weighted by atomic mass is 19.3. The summed E-state index contributed by atoms with van der Waals surface area (Å²) in [5, 5.41) is 3.06. The van der Waals surface area contributed by atoms with Gasteiger partial charge in [0.05, 0.1) is 24.1 Å². The number of fused-ring (bicyclic) bond motifs is 1. The molecule has 0 bridgehead atoms. The number of H-pyrrole nitrogens is 1. The fourth-order valence-electron chi connectivity index (χ4n) is 4.24. The van der Waals surface area contributed by atoms with E-state index in [1.54, 1.807) is 35.6 Å². The molecule has 10 heteroatoms. The van der Waals surface area contributed by atoms with E-state index in [0.29, 0.717) is 17.0 Å². The second kappa shape index (κ2) is 6.87. The van der Waals surface area contributed by atoms with E-state index < -0.39 is 5.92 Å². The van der Waals surface area contributed by atoms with Gasteiger partial charge in [-0.3, -0.25) is 14.3 Å². The van der Waals surface area contributed by atoms with E-state index in [9.17, 15) is 13.6 Å². The molecule has 3 aromatic rings.